The molecule has 0 spiro atoms. The summed E-state index contributed by atoms with van der Waals surface area (Å²) in [6, 6.07) is 6.64. The Balaban J connectivity index is 1.71. The lowest BCUT2D eigenvalue weighted by Crippen LogP contribution is -2.88. The second-order valence-electron chi connectivity index (χ2n) is 8.30. The third-order valence-corrected chi connectivity index (χ3v) is 9.22. The first-order valence-corrected chi connectivity index (χ1v) is 14.0. The zero-order valence-corrected chi connectivity index (χ0v) is 23.2. The third-order valence-electron chi connectivity index (χ3n) is 6.24. The molecule has 4 rings (SSSR count). The smallest absolute Gasteiger partial charge is 0.355 e. The van der Waals surface area contributed by atoms with Gasteiger partial charge in [-0.25, -0.2) is 10.1 Å². The Morgan fingerprint density at radius 3 is 2.44 bits per heavy atom. The number of ether oxygens (including phenoxy) is 4. The summed E-state index contributed by atoms with van der Waals surface area (Å²) in [6.45, 7) is 0.475. The first-order chi connectivity index (χ1) is 17.1. The fraction of sp³-hybridized carbons (Fsp3) is 0.478. The van der Waals surface area contributed by atoms with Crippen LogP contribution in [0.5, 0.6) is 0 Å². The number of amides is 1. The van der Waals surface area contributed by atoms with Crippen LogP contribution in [0.4, 0.5) is 0 Å². The number of nitrogens with one attached hydrogen (secondary N) is 1. The molecule has 0 aliphatic carbocycles. The molecule has 1 amide bonds. The summed E-state index contributed by atoms with van der Waals surface area (Å²) in [7, 11) is 2.91. The minimum atomic E-state index is -1.40. The number of methoxy groups -OCH3 is 2. The van der Waals surface area contributed by atoms with Crippen molar-refractivity contribution < 1.29 is 38.1 Å². The molecule has 3 aliphatic heterocycles. The highest BCUT2D eigenvalue weighted by atomic mass is 79.9. The van der Waals surface area contributed by atoms with E-state index in [2.05, 4.69) is 21.2 Å². The van der Waals surface area contributed by atoms with Crippen LogP contribution in [0, 0.1) is 0 Å². The summed E-state index contributed by atoms with van der Waals surface area (Å²) in [5.41, 5.74) is -1.85. The van der Waals surface area contributed by atoms with Crippen molar-refractivity contribution in [3.8, 4) is 0 Å². The van der Waals surface area contributed by atoms with Gasteiger partial charge in [0, 0.05) is 42.5 Å². The van der Waals surface area contributed by atoms with Crippen LogP contribution in [-0.2, 0) is 33.3 Å². The summed E-state index contributed by atoms with van der Waals surface area (Å²) in [5, 5.41) is 2.15. The number of hydrogen-bond donors (Lipinski definition) is 1. The lowest BCUT2D eigenvalue weighted by Gasteiger charge is -2.65. The SMILES string of the molecule is COC1(CSC)N[C@@]2(OC)C(=O)N3C(C(=O)OCC(=O)c4ccc(Br)cc4)=C(COC(C)=O)C1S[C@H]32. The van der Waals surface area contributed by atoms with Crippen molar-refractivity contribution in [2.75, 3.05) is 39.4 Å². The topological polar surface area (TPSA) is 120 Å². The minimum Gasteiger partial charge on any atom is -0.461 e. The monoisotopic (exact) mass is 600 g/mol. The highest BCUT2D eigenvalue weighted by Crippen LogP contribution is 2.57. The van der Waals surface area contributed by atoms with Gasteiger partial charge in [-0.3, -0.25) is 19.3 Å². The Morgan fingerprint density at radius 2 is 1.86 bits per heavy atom. The number of carbonyl (C=O) groups excluding carboxylic acids is 4. The molecule has 0 radical (unpaired) electrons. The number of nitrogens with zero attached hydrogens (tertiary/aromatic N) is 1. The van der Waals surface area contributed by atoms with Crippen molar-refractivity contribution in [2.24, 2.45) is 0 Å². The highest BCUT2D eigenvalue weighted by molar-refractivity contribution is 9.10. The average molecular weight is 601 g/mol. The zero-order chi connectivity index (χ0) is 26.3. The maximum Gasteiger partial charge on any atom is 0.355 e. The van der Waals surface area contributed by atoms with Crippen LogP contribution in [0.3, 0.4) is 0 Å². The van der Waals surface area contributed by atoms with Crippen LogP contribution in [0.1, 0.15) is 17.3 Å². The van der Waals surface area contributed by atoms with E-state index in [-0.39, 0.29) is 12.3 Å². The normalized spacial score (nSPS) is 28.5. The van der Waals surface area contributed by atoms with E-state index in [9.17, 15) is 19.2 Å². The molecule has 13 heteroatoms. The number of ketones is 1. The number of hydrogen-bond acceptors (Lipinski definition) is 11. The van der Waals surface area contributed by atoms with Gasteiger partial charge in [-0.1, -0.05) is 28.1 Å². The molecule has 0 aromatic heterocycles. The van der Waals surface area contributed by atoms with Crippen LogP contribution in [0.2, 0.25) is 0 Å². The molecule has 194 valence electrons. The first-order valence-electron chi connectivity index (χ1n) is 10.8. The predicted octanol–water partition coefficient (Wildman–Crippen LogP) is 1.93. The fourth-order valence-corrected chi connectivity index (χ4v) is 7.50. The van der Waals surface area contributed by atoms with E-state index in [4.69, 9.17) is 18.9 Å². The summed E-state index contributed by atoms with van der Waals surface area (Å²) in [4.78, 5) is 52.4. The lowest BCUT2D eigenvalue weighted by molar-refractivity contribution is -0.214. The van der Waals surface area contributed by atoms with Crippen LogP contribution in [-0.4, -0.2) is 90.0 Å². The molecule has 0 saturated carbocycles. The van der Waals surface area contributed by atoms with Gasteiger partial charge in [0.2, 0.25) is 5.72 Å². The van der Waals surface area contributed by atoms with Gasteiger partial charge in [0.1, 0.15) is 23.4 Å². The van der Waals surface area contributed by atoms with E-state index in [0.29, 0.717) is 16.9 Å². The second kappa shape index (κ2) is 10.5. The molecule has 1 aromatic carbocycles. The molecular formula is C23H25BrN2O8S2. The number of fused-ring (bicyclic) bond motifs is 1. The molecule has 1 N–H and O–H groups in total. The van der Waals surface area contributed by atoms with Gasteiger partial charge in [0.25, 0.3) is 5.91 Å². The van der Waals surface area contributed by atoms with Crippen molar-refractivity contribution in [2.45, 2.75) is 29.0 Å². The van der Waals surface area contributed by atoms with Gasteiger partial charge in [-0.15, -0.1) is 11.8 Å². The molecule has 2 fully saturated rings. The largest absolute Gasteiger partial charge is 0.461 e. The van der Waals surface area contributed by atoms with E-state index in [1.165, 1.54) is 49.6 Å². The highest BCUT2D eigenvalue weighted by Gasteiger charge is 2.74. The molecule has 36 heavy (non-hydrogen) atoms. The van der Waals surface area contributed by atoms with Gasteiger partial charge < -0.3 is 18.9 Å². The Bertz CT molecular complexity index is 1130. The van der Waals surface area contributed by atoms with Crippen molar-refractivity contribution in [3.05, 3.63) is 45.6 Å². The summed E-state index contributed by atoms with van der Waals surface area (Å²) < 4.78 is 23.0. The molecule has 10 nitrogen and oxygen atoms in total. The Morgan fingerprint density at radius 1 is 1.17 bits per heavy atom. The van der Waals surface area contributed by atoms with Crippen LogP contribution in [0.15, 0.2) is 40.0 Å². The van der Waals surface area contributed by atoms with Crippen LogP contribution >= 0.6 is 39.5 Å². The predicted molar refractivity (Wildman–Crippen MR) is 136 cm³/mol. The number of benzene rings is 1. The van der Waals surface area contributed by atoms with E-state index >= 15 is 0 Å². The van der Waals surface area contributed by atoms with E-state index in [1.54, 1.807) is 24.3 Å². The quantitative estimate of drug-likeness (QED) is 0.241. The van der Waals surface area contributed by atoms with Gasteiger partial charge >= 0.3 is 11.9 Å². The fourth-order valence-electron chi connectivity index (χ4n) is 4.51. The van der Waals surface area contributed by atoms with Gasteiger partial charge in [0.05, 0.1) is 5.25 Å². The summed E-state index contributed by atoms with van der Waals surface area (Å²) in [6.07, 6.45) is 1.88. The van der Waals surface area contributed by atoms with E-state index in [0.717, 1.165) is 4.47 Å². The first kappa shape index (κ1) is 27.1. The van der Waals surface area contributed by atoms with E-state index < -0.39 is 52.3 Å². The molecule has 1 aromatic rings. The van der Waals surface area contributed by atoms with Crippen molar-refractivity contribution in [1.82, 2.24) is 10.2 Å². The molecule has 3 heterocycles. The molecule has 4 atom stereocenters. The average Bonchev–Trinajstić information content (AvgIpc) is 2.87. The van der Waals surface area contributed by atoms with E-state index in [1.807, 2.05) is 6.26 Å². The van der Waals surface area contributed by atoms with Crippen molar-refractivity contribution in [1.29, 1.82) is 0 Å². The Labute approximate surface area is 224 Å². The van der Waals surface area contributed by atoms with Crippen molar-refractivity contribution in [3.63, 3.8) is 0 Å². The lowest BCUT2D eigenvalue weighted by atomic mass is 9.88. The third kappa shape index (κ3) is 4.39. The molecule has 2 unspecified atom stereocenters. The standard InChI is InChI=1S/C23H25BrN2O8S2/c1-12(27)33-9-15-17(19(29)34-10-16(28)13-5-7-14(24)8-6-13)26-20(30)23(32-3)21(26)36-18(15)22(25-23,31-2)11-35-4/h5-8,18,21,25H,9-11H2,1-4H3/t18?,21-,22?,23+/m0/s1. The summed E-state index contributed by atoms with van der Waals surface area (Å²) >= 11 is 6.17. The second-order valence-corrected chi connectivity index (χ2v) is 11.3. The van der Waals surface area contributed by atoms with Crippen LogP contribution < -0.4 is 5.32 Å². The number of rotatable bonds is 10. The van der Waals surface area contributed by atoms with Gasteiger partial charge in [0.15, 0.2) is 12.4 Å². The number of Topliss-reactive ketones (excluding diaryl/α,β-unsaturated/α-hetero) is 1. The number of thioether (sulfide) groups is 2. The number of esters is 2. The minimum absolute atomic E-state index is 0.0599. The van der Waals surface area contributed by atoms with Crippen LogP contribution in [0.25, 0.3) is 0 Å². The molecule has 3 aliphatic rings. The maximum atomic E-state index is 13.4. The Kier molecular flexibility index (Phi) is 7.89. The number of β-lactam (4-membered cyclic amide) rings is 1. The zero-order valence-electron chi connectivity index (χ0n) is 20.0. The number of carbonyl (C=O) groups is 4. The van der Waals surface area contributed by atoms with Crippen molar-refractivity contribution >= 4 is 63.1 Å². The number of halogens is 1. The van der Waals surface area contributed by atoms with Gasteiger partial charge in [-0.05, 0) is 18.4 Å². The Hall–Kier alpha value is -1.90. The maximum absolute atomic E-state index is 13.4. The molecular weight excluding hydrogens is 576 g/mol. The summed E-state index contributed by atoms with van der Waals surface area (Å²) in [5.74, 6) is -1.92. The van der Waals surface area contributed by atoms with Gasteiger partial charge in [-0.2, -0.15) is 11.8 Å². The molecule has 2 saturated heterocycles. The molecule has 2 bridgehead atoms.